The minimum absolute atomic E-state index is 0.0194. The number of hydrogen-bond acceptors (Lipinski definition) is 3. The van der Waals surface area contributed by atoms with Crippen LogP contribution in [0.2, 0.25) is 0 Å². The maximum atomic E-state index is 14.7. The summed E-state index contributed by atoms with van der Waals surface area (Å²) < 4.78 is 136. The molecule has 0 aliphatic heterocycles. The SMILES string of the molecule is CCOc1ccc(-c2ccc(C#Cc3ccc(C(F)(F)Oc4cc(F)c(OC(F)(F)F)c(F)c4)c(F)c3)c(F)c2)cc1. The Hall–Kier alpha value is -4.79. The molecule has 4 aromatic rings. The second kappa shape index (κ2) is 12.0. The molecule has 0 atom stereocenters. The van der Waals surface area contributed by atoms with Gasteiger partial charge in [-0.25, -0.2) is 17.6 Å². The van der Waals surface area contributed by atoms with Gasteiger partial charge in [0, 0.05) is 17.7 Å². The van der Waals surface area contributed by atoms with Crippen molar-refractivity contribution in [1.82, 2.24) is 0 Å². The summed E-state index contributed by atoms with van der Waals surface area (Å²) in [5.74, 6) is -3.70. The third-order valence-corrected chi connectivity index (χ3v) is 5.53. The number of alkyl halides is 5. The van der Waals surface area contributed by atoms with Crippen LogP contribution in [0.1, 0.15) is 23.6 Å². The van der Waals surface area contributed by atoms with Gasteiger partial charge in [0.25, 0.3) is 0 Å². The highest BCUT2D eigenvalue weighted by Gasteiger charge is 2.39. The smallest absolute Gasteiger partial charge is 0.494 e. The number of ether oxygens (including phenoxy) is 3. The molecule has 42 heavy (non-hydrogen) atoms. The minimum atomic E-state index is -5.45. The fraction of sp³-hybridized carbons (Fsp3) is 0.133. The van der Waals surface area contributed by atoms with Gasteiger partial charge in [-0.15, -0.1) is 13.2 Å². The largest absolute Gasteiger partial charge is 0.573 e. The highest BCUT2D eigenvalue weighted by Crippen LogP contribution is 2.37. The molecular formula is C30H17F9O3. The normalized spacial score (nSPS) is 11.5. The van der Waals surface area contributed by atoms with Gasteiger partial charge in [-0.2, -0.15) is 8.78 Å². The van der Waals surface area contributed by atoms with Crippen LogP contribution < -0.4 is 14.2 Å². The van der Waals surface area contributed by atoms with E-state index in [4.69, 9.17) is 4.74 Å². The van der Waals surface area contributed by atoms with Crippen molar-refractivity contribution in [2.24, 2.45) is 0 Å². The van der Waals surface area contributed by atoms with Crippen LogP contribution in [0.4, 0.5) is 39.5 Å². The Bertz CT molecular complexity index is 1630. The van der Waals surface area contributed by atoms with Gasteiger partial charge in [0.05, 0.1) is 12.2 Å². The Balaban J connectivity index is 1.50. The highest BCUT2D eigenvalue weighted by molar-refractivity contribution is 5.65. The van der Waals surface area contributed by atoms with Gasteiger partial charge in [-0.05, 0) is 60.5 Å². The molecule has 0 aliphatic carbocycles. The van der Waals surface area contributed by atoms with Crippen molar-refractivity contribution >= 4 is 0 Å². The van der Waals surface area contributed by atoms with Gasteiger partial charge in [-0.1, -0.05) is 30.0 Å². The highest BCUT2D eigenvalue weighted by atomic mass is 19.4. The predicted octanol–water partition coefficient (Wildman–Crippen LogP) is 8.74. The molecule has 0 aromatic heterocycles. The van der Waals surface area contributed by atoms with Gasteiger partial charge >= 0.3 is 12.5 Å². The Morgan fingerprint density at radius 2 is 1.26 bits per heavy atom. The van der Waals surface area contributed by atoms with Crippen LogP contribution in [0.25, 0.3) is 11.1 Å². The minimum Gasteiger partial charge on any atom is -0.494 e. The summed E-state index contributed by atoms with van der Waals surface area (Å²) in [7, 11) is 0. The molecule has 218 valence electrons. The zero-order chi connectivity index (χ0) is 30.7. The van der Waals surface area contributed by atoms with Crippen LogP contribution in [0.5, 0.6) is 17.2 Å². The molecular weight excluding hydrogens is 579 g/mol. The second-order valence-corrected chi connectivity index (χ2v) is 8.48. The lowest BCUT2D eigenvalue weighted by molar-refractivity contribution is -0.276. The summed E-state index contributed by atoms with van der Waals surface area (Å²) in [5, 5.41) is 0. The summed E-state index contributed by atoms with van der Waals surface area (Å²) in [6, 6.07) is 13.4. The lowest BCUT2D eigenvalue weighted by atomic mass is 10.0. The molecule has 0 amide bonds. The number of halogens is 9. The summed E-state index contributed by atoms with van der Waals surface area (Å²) in [4.78, 5) is 0. The average Bonchev–Trinajstić information content (AvgIpc) is 2.90. The van der Waals surface area contributed by atoms with Crippen LogP contribution in [0.3, 0.4) is 0 Å². The van der Waals surface area contributed by atoms with E-state index in [0.717, 1.165) is 6.07 Å². The monoisotopic (exact) mass is 596 g/mol. The van der Waals surface area contributed by atoms with E-state index >= 15 is 0 Å². The fourth-order valence-electron chi connectivity index (χ4n) is 3.69. The zero-order valence-corrected chi connectivity index (χ0v) is 21.3. The van der Waals surface area contributed by atoms with Crippen molar-refractivity contribution in [3.8, 4) is 40.2 Å². The van der Waals surface area contributed by atoms with Gasteiger partial charge in [0.1, 0.15) is 28.7 Å². The summed E-state index contributed by atoms with van der Waals surface area (Å²) >= 11 is 0. The van der Waals surface area contributed by atoms with E-state index in [-0.39, 0.29) is 23.3 Å². The van der Waals surface area contributed by atoms with Gasteiger partial charge in [0.15, 0.2) is 11.6 Å². The third-order valence-electron chi connectivity index (χ3n) is 5.53. The van der Waals surface area contributed by atoms with Crippen LogP contribution in [0.15, 0.2) is 72.8 Å². The first-order chi connectivity index (χ1) is 19.8. The van der Waals surface area contributed by atoms with Gasteiger partial charge in [0.2, 0.25) is 5.75 Å². The Morgan fingerprint density at radius 1 is 0.619 bits per heavy atom. The lowest BCUT2D eigenvalue weighted by Gasteiger charge is -2.19. The van der Waals surface area contributed by atoms with Gasteiger partial charge in [-0.3, -0.25) is 0 Å². The number of benzene rings is 4. The molecule has 0 bridgehead atoms. The molecule has 4 rings (SSSR count). The van der Waals surface area contributed by atoms with E-state index < -0.39 is 52.8 Å². The predicted molar refractivity (Wildman–Crippen MR) is 133 cm³/mol. The van der Waals surface area contributed by atoms with Crippen molar-refractivity contribution in [3.63, 3.8) is 0 Å². The summed E-state index contributed by atoms with van der Waals surface area (Å²) in [6.45, 7) is 2.34. The van der Waals surface area contributed by atoms with Crippen molar-refractivity contribution in [1.29, 1.82) is 0 Å². The molecule has 12 heteroatoms. The summed E-state index contributed by atoms with van der Waals surface area (Å²) in [6.07, 6.45) is -9.96. The molecule has 0 fully saturated rings. The maximum absolute atomic E-state index is 14.7. The van der Waals surface area contributed by atoms with Crippen molar-refractivity contribution in [2.75, 3.05) is 6.61 Å². The number of rotatable bonds is 7. The Kier molecular flexibility index (Phi) is 8.61. The van der Waals surface area contributed by atoms with E-state index in [1.54, 1.807) is 30.3 Å². The van der Waals surface area contributed by atoms with E-state index in [1.165, 1.54) is 12.1 Å². The van der Waals surface area contributed by atoms with Crippen molar-refractivity contribution in [2.45, 2.75) is 19.4 Å². The topological polar surface area (TPSA) is 27.7 Å². The average molecular weight is 596 g/mol. The molecule has 4 aromatic carbocycles. The molecule has 0 heterocycles. The summed E-state index contributed by atoms with van der Waals surface area (Å²) in [5.41, 5.74) is -0.261. The first kappa shape index (κ1) is 30.2. The molecule has 0 N–H and O–H groups in total. The van der Waals surface area contributed by atoms with Crippen LogP contribution in [0, 0.1) is 35.1 Å². The third kappa shape index (κ3) is 7.28. The Morgan fingerprint density at radius 3 is 1.83 bits per heavy atom. The van der Waals surface area contributed by atoms with Crippen LogP contribution in [-0.4, -0.2) is 13.0 Å². The lowest BCUT2D eigenvalue weighted by Crippen LogP contribution is -2.24. The van der Waals surface area contributed by atoms with Crippen LogP contribution >= 0.6 is 0 Å². The number of hydrogen-bond donors (Lipinski definition) is 0. The first-order valence-corrected chi connectivity index (χ1v) is 11.9. The molecule has 3 nitrogen and oxygen atoms in total. The zero-order valence-electron chi connectivity index (χ0n) is 21.3. The maximum Gasteiger partial charge on any atom is 0.573 e. The van der Waals surface area contributed by atoms with Crippen LogP contribution in [-0.2, 0) is 6.11 Å². The molecule has 0 unspecified atom stereocenters. The van der Waals surface area contributed by atoms with E-state index in [0.29, 0.717) is 35.6 Å². The second-order valence-electron chi connectivity index (χ2n) is 8.48. The van der Waals surface area contributed by atoms with Gasteiger partial charge < -0.3 is 14.2 Å². The fourth-order valence-corrected chi connectivity index (χ4v) is 3.69. The first-order valence-electron chi connectivity index (χ1n) is 11.9. The molecule has 0 spiro atoms. The molecule has 0 saturated carbocycles. The van der Waals surface area contributed by atoms with E-state index in [9.17, 15) is 39.5 Å². The Labute approximate surface area is 233 Å². The molecule has 0 saturated heterocycles. The van der Waals surface area contributed by atoms with Crippen molar-refractivity contribution in [3.05, 3.63) is 113 Å². The van der Waals surface area contributed by atoms with E-state index in [1.807, 2.05) is 6.92 Å². The standard InChI is InChI=1S/C30H17F9O3/c1-2-40-21-10-8-18(9-11-21)20-7-6-19(24(31)14-20)5-3-17-4-12-23(25(32)13-17)29(35,36)41-22-15-26(33)28(27(34)16-22)42-30(37,38)39/h4,6-16H,2H2,1H3. The molecule has 0 aliphatic rings. The quantitative estimate of drug-likeness (QED) is 0.158. The van der Waals surface area contributed by atoms with E-state index in [2.05, 4.69) is 21.3 Å². The van der Waals surface area contributed by atoms with Crippen molar-refractivity contribution < 1.29 is 53.7 Å². The molecule has 0 radical (unpaired) electrons.